The molecule has 0 aliphatic carbocycles. The fraction of sp³-hybridized carbons (Fsp3) is 0.520. The molecule has 0 radical (unpaired) electrons. The van der Waals surface area contributed by atoms with E-state index in [1.54, 1.807) is 13.2 Å². The van der Waals surface area contributed by atoms with Crippen molar-refractivity contribution in [1.29, 1.82) is 0 Å². The molecule has 1 unspecified atom stereocenters. The number of alkyl halides is 3. The van der Waals surface area contributed by atoms with E-state index >= 15 is 0 Å². The van der Waals surface area contributed by atoms with E-state index in [9.17, 15) is 13.2 Å². The van der Waals surface area contributed by atoms with Gasteiger partial charge in [0.2, 0.25) is 0 Å². The summed E-state index contributed by atoms with van der Waals surface area (Å²) in [6.07, 6.45) is -1.97. The standard InChI is InChI=1S/C25H33F3O/c1-16(2)20-11-13-22(23(15-20)25(26,27)28)18(5)8-7-9-19-10-12-21(17(3)4)24(14-19)29-6/h10-18H,7-9H2,1-6H3. The number of aryl methyl sites for hydroxylation is 1. The van der Waals surface area contributed by atoms with Crippen LogP contribution in [0.5, 0.6) is 5.75 Å². The smallest absolute Gasteiger partial charge is 0.416 e. The molecule has 0 bridgehead atoms. The fourth-order valence-electron chi connectivity index (χ4n) is 3.76. The van der Waals surface area contributed by atoms with Gasteiger partial charge in [-0.3, -0.25) is 0 Å². The number of benzene rings is 2. The van der Waals surface area contributed by atoms with Crippen molar-refractivity contribution in [2.75, 3.05) is 7.11 Å². The molecule has 0 saturated carbocycles. The Hall–Kier alpha value is -1.97. The van der Waals surface area contributed by atoms with Gasteiger partial charge >= 0.3 is 6.18 Å². The second-order valence-electron chi connectivity index (χ2n) is 8.52. The van der Waals surface area contributed by atoms with Crippen molar-refractivity contribution in [1.82, 2.24) is 0 Å². The van der Waals surface area contributed by atoms with E-state index in [0.29, 0.717) is 17.9 Å². The van der Waals surface area contributed by atoms with Crippen molar-refractivity contribution in [2.45, 2.75) is 77.8 Å². The van der Waals surface area contributed by atoms with E-state index in [1.165, 1.54) is 11.6 Å². The minimum atomic E-state index is -4.32. The van der Waals surface area contributed by atoms with Crippen LogP contribution in [-0.4, -0.2) is 7.11 Å². The summed E-state index contributed by atoms with van der Waals surface area (Å²) < 4.78 is 46.3. The molecule has 4 heteroatoms. The maximum atomic E-state index is 13.6. The van der Waals surface area contributed by atoms with Crippen molar-refractivity contribution >= 4 is 0 Å². The van der Waals surface area contributed by atoms with Crippen LogP contribution in [-0.2, 0) is 12.6 Å². The minimum Gasteiger partial charge on any atom is -0.496 e. The van der Waals surface area contributed by atoms with Crippen LogP contribution >= 0.6 is 0 Å². The van der Waals surface area contributed by atoms with E-state index in [-0.39, 0.29) is 11.8 Å². The Bertz CT molecular complexity index is 806. The largest absolute Gasteiger partial charge is 0.496 e. The molecule has 160 valence electrons. The fourth-order valence-corrected chi connectivity index (χ4v) is 3.76. The summed E-state index contributed by atoms with van der Waals surface area (Å²) >= 11 is 0. The lowest BCUT2D eigenvalue weighted by Crippen LogP contribution is -2.12. The molecule has 29 heavy (non-hydrogen) atoms. The van der Waals surface area contributed by atoms with Crippen LogP contribution in [0.25, 0.3) is 0 Å². The van der Waals surface area contributed by atoms with Crippen molar-refractivity contribution in [3.63, 3.8) is 0 Å². The Balaban J connectivity index is 2.11. The Kier molecular flexibility index (Phi) is 7.79. The highest BCUT2D eigenvalue weighted by molar-refractivity contribution is 5.40. The van der Waals surface area contributed by atoms with Crippen molar-refractivity contribution in [3.05, 3.63) is 64.2 Å². The van der Waals surface area contributed by atoms with Crippen LogP contribution in [0, 0.1) is 0 Å². The van der Waals surface area contributed by atoms with Crippen molar-refractivity contribution in [2.24, 2.45) is 0 Å². The summed E-state index contributed by atoms with van der Waals surface area (Å²) in [7, 11) is 1.67. The summed E-state index contributed by atoms with van der Waals surface area (Å²) in [6, 6.07) is 11.1. The molecule has 0 spiro atoms. The van der Waals surface area contributed by atoms with Gasteiger partial charge in [0, 0.05) is 0 Å². The molecule has 0 amide bonds. The first-order valence-corrected chi connectivity index (χ1v) is 10.4. The van der Waals surface area contributed by atoms with Gasteiger partial charge in [-0.25, -0.2) is 0 Å². The number of ether oxygens (including phenoxy) is 1. The number of hydrogen-bond donors (Lipinski definition) is 0. The minimum absolute atomic E-state index is 0.0734. The Morgan fingerprint density at radius 2 is 1.52 bits per heavy atom. The second kappa shape index (κ2) is 9.69. The molecular formula is C25H33F3O. The predicted molar refractivity (Wildman–Crippen MR) is 114 cm³/mol. The first kappa shape index (κ1) is 23.3. The van der Waals surface area contributed by atoms with E-state index < -0.39 is 11.7 Å². The van der Waals surface area contributed by atoms with Gasteiger partial charge in [0.15, 0.2) is 0 Å². The van der Waals surface area contributed by atoms with E-state index in [1.807, 2.05) is 26.8 Å². The molecule has 2 aromatic rings. The zero-order valence-corrected chi connectivity index (χ0v) is 18.4. The highest BCUT2D eigenvalue weighted by atomic mass is 19.4. The molecule has 0 aliphatic heterocycles. The van der Waals surface area contributed by atoms with Gasteiger partial charge in [-0.05, 0) is 71.4 Å². The highest BCUT2D eigenvalue weighted by Gasteiger charge is 2.34. The third-order valence-corrected chi connectivity index (χ3v) is 5.60. The number of halogens is 3. The van der Waals surface area contributed by atoms with Gasteiger partial charge in [-0.15, -0.1) is 0 Å². The maximum Gasteiger partial charge on any atom is 0.416 e. The topological polar surface area (TPSA) is 9.23 Å². The summed E-state index contributed by atoms with van der Waals surface area (Å²) in [5.74, 6) is 1.19. The lowest BCUT2D eigenvalue weighted by Gasteiger charge is -2.20. The van der Waals surface area contributed by atoms with Crippen LogP contribution < -0.4 is 4.74 Å². The monoisotopic (exact) mass is 406 g/mol. The van der Waals surface area contributed by atoms with Crippen LogP contribution in [0.2, 0.25) is 0 Å². The quantitative estimate of drug-likeness (QED) is 0.430. The zero-order chi connectivity index (χ0) is 21.8. The molecule has 2 rings (SSSR count). The van der Waals surface area contributed by atoms with Crippen molar-refractivity contribution < 1.29 is 17.9 Å². The SMILES string of the molecule is COc1cc(CCCC(C)c2ccc(C(C)C)cc2C(F)(F)F)ccc1C(C)C. The third-order valence-electron chi connectivity index (χ3n) is 5.60. The molecule has 2 aromatic carbocycles. The summed E-state index contributed by atoms with van der Waals surface area (Å²) in [5, 5.41) is 0. The summed E-state index contributed by atoms with van der Waals surface area (Å²) in [4.78, 5) is 0. The van der Waals surface area contributed by atoms with Crippen LogP contribution in [0.1, 0.15) is 93.0 Å². The molecule has 0 N–H and O–H groups in total. The Morgan fingerprint density at radius 1 is 0.862 bits per heavy atom. The average molecular weight is 407 g/mol. The molecule has 0 aromatic heterocycles. The maximum absolute atomic E-state index is 13.6. The summed E-state index contributed by atoms with van der Waals surface area (Å²) in [6.45, 7) is 9.97. The number of rotatable bonds is 8. The molecule has 0 saturated heterocycles. The molecule has 1 nitrogen and oxygen atoms in total. The average Bonchev–Trinajstić information content (AvgIpc) is 2.66. The molecule has 1 atom stereocenters. The molecule has 0 aliphatic rings. The molecule has 0 fully saturated rings. The van der Waals surface area contributed by atoms with Gasteiger partial charge in [0.25, 0.3) is 0 Å². The first-order chi connectivity index (χ1) is 13.5. The number of methoxy groups -OCH3 is 1. The van der Waals surface area contributed by atoms with Gasteiger partial charge in [-0.1, -0.05) is 58.9 Å². The first-order valence-electron chi connectivity index (χ1n) is 10.4. The predicted octanol–water partition coefficient (Wildman–Crippen LogP) is 8.09. The van der Waals surface area contributed by atoms with Crippen LogP contribution in [0.4, 0.5) is 13.2 Å². The lowest BCUT2D eigenvalue weighted by atomic mass is 9.88. The van der Waals surface area contributed by atoms with Gasteiger partial charge in [0.05, 0.1) is 12.7 Å². The lowest BCUT2D eigenvalue weighted by molar-refractivity contribution is -0.138. The Morgan fingerprint density at radius 3 is 2.07 bits per heavy atom. The number of hydrogen-bond acceptors (Lipinski definition) is 1. The zero-order valence-electron chi connectivity index (χ0n) is 18.4. The Labute approximate surface area is 173 Å². The van der Waals surface area contributed by atoms with E-state index in [0.717, 1.165) is 29.7 Å². The van der Waals surface area contributed by atoms with Gasteiger partial charge in [0.1, 0.15) is 5.75 Å². The van der Waals surface area contributed by atoms with Gasteiger partial charge < -0.3 is 4.74 Å². The normalized spacial score (nSPS) is 13.2. The van der Waals surface area contributed by atoms with E-state index in [4.69, 9.17) is 4.74 Å². The van der Waals surface area contributed by atoms with Crippen LogP contribution in [0.3, 0.4) is 0 Å². The third kappa shape index (κ3) is 6.01. The highest BCUT2D eigenvalue weighted by Crippen LogP contribution is 2.38. The van der Waals surface area contributed by atoms with Crippen LogP contribution in [0.15, 0.2) is 36.4 Å². The molecular weight excluding hydrogens is 373 g/mol. The summed E-state index contributed by atoms with van der Waals surface area (Å²) in [5.41, 5.74) is 2.97. The van der Waals surface area contributed by atoms with E-state index in [2.05, 4.69) is 32.0 Å². The molecule has 0 heterocycles. The second-order valence-corrected chi connectivity index (χ2v) is 8.52. The van der Waals surface area contributed by atoms with Crippen molar-refractivity contribution in [3.8, 4) is 5.75 Å². The van der Waals surface area contributed by atoms with Gasteiger partial charge in [-0.2, -0.15) is 13.2 Å².